The van der Waals surface area contributed by atoms with Gasteiger partial charge in [0.05, 0.1) is 0 Å². The van der Waals surface area contributed by atoms with E-state index in [0.29, 0.717) is 29.4 Å². The molecule has 0 unspecified atom stereocenters. The molecule has 0 aromatic heterocycles. The topological polar surface area (TPSA) is 49.4 Å². The highest BCUT2D eigenvalue weighted by Gasteiger charge is 2.29. The number of carbonyl (C=O) groups excluding carboxylic acids is 2. The lowest BCUT2D eigenvalue weighted by Gasteiger charge is -2.23. The first-order valence-electron chi connectivity index (χ1n) is 8.15. The molecule has 0 spiro atoms. The highest BCUT2D eigenvalue weighted by atomic mass is 35.5. The van der Waals surface area contributed by atoms with Crippen LogP contribution < -0.4 is 10.2 Å². The molecule has 1 saturated carbocycles. The summed E-state index contributed by atoms with van der Waals surface area (Å²) in [5.41, 5.74) is 1.05. The van der Waals surface area contributed by atoms with Crippen molar-refractivity contribution in [1.82, 2.24) is 5.32 Å². The Morgan fingerprint density at radius 2 is 1.72 bits per heavy atom. The van der Waals surface area contributed by atoms with Crippen LogP contribution in [0.25, 0.3) is 0 Å². The largest absolute Gasteiger partial charge is 0.354 e. The summed E-state index contributed by atoms with van der Waals surface area (Å²) in [6, 6.07) is 12.3. The monoisotopic (exact) mass is 360 g/mol. The zero-order valence-corrected chi connectivity index (χ0v) is 14.3. The third-order valence-electron chi connectivity index (χ3n) is 4.06. The van der Waals surface area contributed by atoms with Crippen molar-refractivity contribution >= 4 is 29.1 Å². The van der Waals surface area contributed by atoms with Crippen molar-refractivity contribution in [3.8, 4) is 0 Å². The van der Waals surface area contributed by atoms with Gasteiger partial charge >= 0.3 is 0 Å². The van der Waals surface area contributed by atoms with Crippen LogP contribution in [0.4, 0.5) is 10.1 Å². The molecule has 0 aliphatic heterocycles. The van der Waals surface area contributed by atoms with Crippen LogP contribution in [-0.4, -0.2) is 24.9 Å². The van der Waals surface area contributed by atoms with E-state index in [1.807, 2.05) is 0 Å². The van der Waals surface area contributed by atoms with Gasteiger partial charge in [0.1, 0.15) is 5.82 Å². The molecule has 0 atom stereocenters. The molecule has 1 aliphatic carbocycles. The summed E-state index contributed by atoms with van der Waals surface area (Å²) in [6.07, 6.45) is 1.86. The average Bonchev–Trinajstić information content (AvgIpc) is 3.45. The predicted octanol–water partition coefficient (Wildman–Crippen LogP) is 3.65. The lowest BCUT2D eigenvalue weighted by atomic mass is 10.1. The first-order valence-corrected chi connectivity index (χ1v) is 8.53. The minimum atomic E-state index is -0.371. The number of nitrogens with one attached hydrogen (secondary N) is 1. The Bertz CT molecular complexity index is 758. The van der Waals surface area contributed by atoms with Gasteiger partial charge < -0.3 is 10.2 Å². The van der Waals surface area contributed by atoms with E-state index < -0.39 is 0 Å². The van der Waals surface area contributed by atoms with E-state index >= 15 is 0 Å². The highest BCUT2D eigenvalue weighted by Crippen LogP contribution is 2.28. The molecule has 3 rings (SSSR count). The number of hydrogen-bond acceptors (Lipinski definition) is 2. The molecular weight excluding hydrogens is 343 g/mol. The SMILES string of the molecule is O=C(NCCN(C(=O)c1ccc(Cl)cc1)c1ccc(F)cc1)C1CC1. The Hall–Kier alpha value is -2.40. The van der Waals surface area contributed by atoms with Crippen LogP contribution in [0, 0.1) is 11.7 Å². The zero-order valence-electron chi connectivity index (χ0n) is 13.5. The van der Waals surface area contributed by atoms with E-state index in [1.165, 1.54) is 17.0 Å². The number of amides is 2. The Labute approximate surface area is 150 Å². The third-order valence-corrected chi connectivity index (χ3v) is 4.31. The van der Waals surface area contributed by atoms with Crippen LogP contribution in [-0.2, 0) is 4.79 Å². The van der Waals surface area contributed by atoms with Crippen molar-refractivity contribution in [3.63, 3.8) is 0 Å². The molecule has 1 N–H and O–H groups in total. The van der Waals surface area contributed by atoms with Gasteiger partial charge in [-0.25, -0.2) is 4.39 Å². The first kappa shape index (κ1) is 17.4. The molecule has 0 bridgehead atoms. The summed E-state index contributed by atoms with van der Waals surface area (Å²) in [4.78, 5) is 26.1. The molecule has 1 aliphatic rings. The maximum Gasteiger partial charge on any atom is 0.258 e. The van der Waals surface area contributed by atoms with E-state index in [1.54, 1.807) is 36.4 Å². The molecule has 0 heterocycles. The number of anilines is 1. The van der Waals surface area contributed by atoms with Gasteiger partial charge in [-0.1, -0.05) is 11.6 Å². The van der Waals surface area contributed by atoms with Crippen LogP contribution in [0.2, 0.25) is 5.02 Å². The smallest absolute Gasteiger partial charge is 0.258 e. The average molecular weight is 361 g/mol. The van der Waals surface area contributed by atoms with E-state index in [4.69, 9.17) is 11.6 Å². The zero-order chi connectivity index (χ0) is 17.8. The number of rotatable bonds is 6. The second-order valence-electron chi connectivity index (χ2n) is 6.01. The standard InChI is InChI=1S/C19H18ClFN2O2/c20-15-5-3-14(4-6-15)19(25)23(17-9-7-16(21)8-10-17)12-11-22-18(24)13-1-2-13/h3-10,13H,1-2,11-12H2,(H,22,24). The van der Waals surface area contributed by atoms with Gasteiger partial charge in [-0.3, -0.25) is 9.59 Å². The maximum absolute atomic E-state index is 13.2. The van der Waals surface area contributed by atoms with Gasteiger partial charge in [-0.2, -0.15) is 0 Å². The second kappa shape index (κ2) is 7.66. The fourth-order valence-corrected chi connectivity index (χ4v) is 2.62. The fraction of sp³-hybridized carbons (Fsp3) is 0.263. The van der Waals surface area contributed by atoms with Crippen molar-refractivity contribution in [2.75, 3.05) is 18.0 Å². The molecule has 2 aromatic rings. The molecule has 0 radical (unpaired) electrons. The summed E-state index contributed by atoms with van der Waals surface area (Å²) >= 11 is 5.87. The van der Waals surface area contributed by atoms with Gasteiger partial charge in [-0.15, -0.1) is 0 Å². The fourth-order valence-electron chi connectivity index (χ4n) is 2.50. The quantitative estimate of drug-likeness (QED) is 0.854. The molecule has 4 nitrogen and oxygen atoms in total. The highest BCUT2D eigenvalue weighted by molar-refractivity contribution is 6.30. The number of benzene rings is 2. The van der Waals surface area contributed by atoms with E-state index in [9.17, 15) is 14.0 Å². The van der Waals surface area contributed by atoms with E-state index in [-0.39, 0.29) is 23.5 Å². The maximum atomic E-state index is 13.2. The summed E-state index contributed by atoms with van der Waals surface area (Å²) < 4.78 is 13.2. The van der Waals surface area contributed by atoms with Crippen molar-refractivity contribution in [2.24, 2.45) is 5.92 Å². The van der Waals surface area contributed by atoms with Gasteiger partial charge in [0.15, 0.2) is 0 Å². The molecule has 2 amide bonds. The molecule has 1 fully saturated rings. The molecule has 130 valence electrons. The molecule has 0 saturated heterocycles. The summed E-state index contributed by atoms with van der Waals surface area (Å²) in [6.45, 7) is 0.636. The van der Waals surface area contributed by atoms with E-state index in [2.05, 4.69) is 5.32 Å². The lowest BCUT2D eigenvalue weighted by Crippen LogP contribution is -2.39. The summed E-state index contributed by atoms with van der Waals surface area (Å²) in [5.74, 6) is -0.460. The van der Waals surface area contributed by atoms with Gasteiger partial charge in [0, 0.05) is 35.3 Å². The minimum absolute atomic E-state index is 0.0259. The van der Waals surface area contributed by atoms with Crippen molar-refractivity contribution in [2.45, 2.75) is 12.8 Å². The molecule has 25 heavy (non-hydrogen) atoms. The van der Waals surface area contributed by atoms with Gasteiger partial charge in [-0.05, 0) is 61.4 Å². The second-order valence-corrected chi connectivity index (χ2v) is 6.44. The Morgan fingerprint density at radius 3 is 2.32 bits per heavy atom. The van der Waals surface area contributed by atoms with Crippen LogP contribution in [0.3, 0.4) is 0 Å². The van der Waals surface area contributed by atoms with Crippen molar-refractivity contribution < 1.29 is 14.0 Å². The number of hydrogen-bond donors (Lipinski definition) is 1. The Balaban J connectivity index is 1.75. The molecule has 2 aromatic carbocycles. The van der Waals surface area contributed by atoms with Crippen molar-refractivity contribution in [1.29, 1.82) is 0 Å². The van der Waals surface area contributed by atoms with Gasteiger partial charge in [0.2, 0.25) is 5.91 Å². The minimum Gasteiger partial charge on any atom is -0.354 e. The summed E-state index contributed by atoms with van der Waals surface area (Å²) in [7, 11) is 0. The molecule has 6 heteroatoms. The van der Waals surface area contributed by atoms with Crippen LogP contribution >= 0.6 is 11.6 Å². The number of carbonyl (C=O) groups is 2. The number of nitrogens with zero attached hydrogens (tertiary/aromatic N) is 1. The normalized spacial score (nSPS) is 13.4. The number of halogens is 2. The van der Waals surface area contributed by atoms with Gasteiger partial charge in [0.25, 0.3) is 5.91 Å². The van der Waals surface area contributed by atoms with Crippen molar-refractivity contribution in [3.05, 3.63) is 64.9 Å². The first-order chi connectivity index (χ1) is 12.0. The predicted molar refractivity (Wildman–Crippen MR) is 95.3 cm³/mol. The van der Waals surface area contributed by atoms with Crippen LogP contribution in [0.1, 0.15) is 23.2 Å². The van der Waals surface area contributed by atoms with Crippen LogP contribution in [0.5, 0.6) is 0 Å². The Morgan fingerprint density at radius 1 is 1.08 bits per heavy atom. The van der Waals surface area contributed by atoms with E-state index in [0.717, 1.165) is 12.8 Å². The molecular formula is C19H18ClFN2O2. The lowest BCUT2D eigenvalue weighted by molar-refractivity contribution is -0.122. The third kappa shape index (κ3) is 4.57. The van der Waals surface area contributed by atoms with Crippen LogP contribution in [0.15, 0.2) is 48.5 Å². The Kier molecular flexibility index (Phi) is 5.34. The summed E-state index contributed by atoms with van der Waals surface area (Å²) in [5, 5.41) is 3.39.